The van der Waals surface area contributed by atoms with Gasteiger partial charge in [0.1, 0.15) is 5.82 Å². The van der Waals surface area contributed by atoms with Gasteiger partial charge < -0.3 is 19.7 Å². The van der Waals surface area contributed by atoms with Crippen LogP contribution in [0.4, 0.5) is 4.39 Å². The van der Waals surface area contributed by atoms with Crippen LogP contribution in [0.3, 0.4) is 0 Å². The van der Waals surface area contributed by atoms with E-state index >= 15 is 0 Å². The van der Waals surface area contributed by atoms with Crippen molar-refractivity contribution in [2.75, 3.05) is 6.54 Å². The molecule has 2 aromatic heterocycles. The second-order valence-electron chi connectivity index (χ2n) is 7.29. The van der Waals surface area contributed by atoms with E-state index in [1.54, 1.807) is 18.3 Å². The molecule has 1 aliphatic heterocycles. The van der Waals surface area contributed by atoms with Crippen molar-refractivity contribution in [1.29, 1.82) is 0 Å². The Kier molecular flexibility index (Phi) is 6.29. The highest BCUT2D eigenvalue weighted by atomic mass is 19.1. The van der Waals surface area contributed by atoms with Crippen LogP contribution in [-0.4, -0.2) is 40.1 Å². The van der Waals surface area contributed by atoms with E-state index in [0.29, 0.717) is 31.7 Å². The third-order valence-corrected chi connectivity index (χ3v) is 5.08. The molecule has 2 N–H and O–H groups in total. The summed E-state index contributed by atoms with van der Waals surface area (Å²) < 4.78 is 24.6. The number of aliphatic hydroxyl groups excluding tert-OH is 1. The Morgan fingerprint density at radius 3 is 2.76 bits per heavy atom. The quantitative estimate of drug-likeness (QED) is 0.638. The minimum absolute atomic E-state index is 0.0359. The van der Waals surface area contributed by atoms with Gasteiger partial charge in [-0.2, -0.15) is 0 Å². The van der Waals surface area contributed by atoms with Crippen LogP contribution in [0.15, 0.2) is 59.3 Å². The summed E-state index contributed by atoms with van der Waals surface area (Å²) in [5.74, 6) is 0.315. The van der Waals surface area contributed by atoms with Crippen LogP contribution in [0, 0.1) is 5.82 Å². The van der Waals surface area contributed by atoms with Crippen molar-refractivity contribution in [3.05, 3.63) is 71.9 Å². The molecular weight excluding hydrogens is 373 g/mol. The predicted octanol–water partition coefficient (Wildman–Crippen LogP) is 3.12. The maximum absolute atomic E-state index is 13.1. The van der Waals surface area contributed by atoms with E-state index in [1.165, 1.54) is 12.1 Å². The minimum atomic E-state index is -0.491. The highest BCUT2D eigenvalue weighted by Gasteiger charge is 2.30. The molecule has 0 aliphatic carbocycles. The van der Waals surface area contributed by atoms with E-state index in [9.17, 15) is 9.50 Å². The van der Waals surface area contributed by atoms with E-state index in [0.717, 1.165) is 23.4 Å². The van der Waals surface area contributed by atoms with Gasteiger partial charge in [-0.25, -0.2) is 4.39 Å². The molecule has 0 bridgehead atoms. The third-order valence-electron chi connectivity index (χ3n) is 5.08. The van der Waals surface area contributed by atoms with Gasteiger partial charge in [-0.3, -0.25) is 4.98 Å². The molecule has 1 saturated heterocycles. The first-order valence-corrected chi connectivity index (χ1v) is 9.83. The van der Waals surface area contributed by atoms with Crippen LogP contribution in [0.5, 0.6) is 0 Å². The van der Waals surface area contributed by atoms with Crippen LogP contribution in [0.25, 0.3) is 11.3 Å². The summed E-state index contributed by atoms with van der Waals surface area (Å²) >= 11 is 0. The first kappa shape index (κ1) is 19.7. The van der Waals surface area contributed by atoms with Crippen molar-refractivity contribution in [3.8, 4) is 11.3 Å². The topological polar surface area (TPSA) is 80.4 Å². The van der Waals surface area contributed by atoms with Crippen molar-refractivity contribution in [2.24, 2.45) is 0 Å². The Labute approximate surface area is 168 Å². The van der Waals surface area contributed by atoms with Crippen LogP contribution < -0.4 is 5.32 Å². The summed E-state index contributed by atoms with van der Waals surface area (Å²) in [6.45, 7) is 1.18. The van der Waals surface area contributed by atoms with E-state index in [4.69, 9.17) is 9.26 Å². The van der Waals surface area contributed by atoms with Crippen LogP contribution in [0.1, 0.15) is 24.2 Å². The molecule has 7 heteroatoms. The van der Waals surface area contributed by atoms with Crippen LogP contribution >= 0.6 is 0 Å². The van der Waals surface area contributed by atoms with Crippen molar-refractivity contribution in [3.63, 3.8) is 0 Å². The number of rotatable bonds is 7. The lowest BCUT2D eigenvalue weighted by Gasteiger charge is -2.34. The van der Waals surface area contributed by atoms with E-state index < -0.39 is 6.10 Å². The minimum Gasteiger partial charge on any atom is -0.390 e. The average Bonchev–Trinajstić information content (AvgIpc) is 3.20. The Bertz CT molecular complexity index is 901. The monoisotopic (exact) mass is 397 g/mol. The number of nitrogens with one attached hydrogen (secondary N) is 1. The standard InChI is InChI=1S/C22H24FN3O3/c23-16-6-4-15(5-7-16)21-12-18(26-29-21)11-19-8-9-20(27)22(28-19)14-24-13-17-3-1-2-10-25-17/h1-7,10,12,19-20,22,24,27H,8-9,11,13-14H2. The third kappa shape index (κ3) is 5.26. The lowest BCUT2D eigenvalue weighted by atomic mass is 9.98. The molecule has 3 unspecified atom stereocenters. The summed E-state index contributed by atoms with van der Waals surface area (Å²) in [5.41, 5.74) is 2.51. The van der Waals surface area contributed by atoms with Gasteiger partial charge in [0, 0.05) is 37.3 Å². The number of hydrogen-bond donors (Lipinski definition) is 2. The summed E-state index contributed by atoms with van der Waals surface area (Å²) in [5, 5.41) is 17.7. The molecule has 6 nitrogen and oxygen atoms in total. The molecule has 4 rings (SSSR count). The molecule has 152 valence electrons. The van der Waals surface area contributed by atoms with Crippen molar-refractivity contribution < 1.29 is 18.8 Å². The second kappa shape index (κ2) is 9.26. The number of ether oxygens (including phenoxy) is 1. The zero-order chi connectivity index (χ0) is 20.1. The van der Waals surface area contributed by atoms with Crippen molar-refractivity contribution in [1.82, 2.24) is 15.5 Å². The van der Waals surface area contributed by atoms with Gasteiger partial charge in [0.05, 0.1) is 29.7 Å². The molecule has 3 atom stereocenters. The van der Waals surface area contributed by atoms with Gasteiger partial charge >= 0.3 is 0 Å². The fourth-order valence-electron chi connectivity index (χ4n) is 3.52. The fraction of sp³-hybridized carbons (Fsp3) is 0.364. The zero-order valence-electron chi connectivity index (χ0n) is 16.0. The zero-order valence-corrected chi connectivity index (χ0v) is 16.0. The summed E-state index contributed by atoms with van der Waals surface area (Å²) in [4.78, 5) is 4.28. The summed E-state index contributed by atoms with van der Waals surface area (Å²) in [6.07, 6.45) is 3.01. The van der Waals surface area contributed by atoms with E-state index in [1.807, 2.05) is 24.3 Å². The highest BCUT2D eigenvalue weighted by Crippen LogP contribution is 2.25. The Hall–Kier alpha value is -2.61. The van der Waals surface area contributed by atoms with E-state index in [-0.39, 0.29) is 18.0 Å². The average molecular weight is 397 g/mol. The van der Waals surface area contributed by atoms with Gasteiger partial charge in [0.15, 0.2) is 5.76 Å². The molecule has 3 aromatic rings. The van der Waals surface area contributed by atoms with Crippen LogP contribution in [0.2, 0.25) is 0 Å². The number of aliphatic hydroxyl groups is 1. The van der Waals surface area contributed by atoms with Gasteiger partial charge in [0.2, 0.25) is 0 Å². The summed E-state index contributed by atoms with van der Waals surface area (Å²) in [7, 11) is 0. The lowest BCUT2D eigenvalue weighted by Crippen LogP contribution is -2.45. The second-order valence-corrected chi connectivity index (χ2v) is 7.29. The molecular formula is C22H24FN3O3. The molecule has 0 saturated carbocycles. The number of benzene rings is 1. The van der Waals surface area contributed by atoms with Crippen LogP contribution in [-0.2, 0) is 17.7 Å². The fourth-order valence-corrected chi connectivity index (χ4v) is 3.52. The van der Waals surface area contributed by atoms with Gasteiger partial charge in [-0.15, -0.1) is 0 Å². The molecule has 0 radical (unpaired) electrons. The van der Waals surface area contributed by atoms with Crippen molar-refractivity contribution in [2.45, 2.75) is 44.1 Å². The first-order chi connectivity index (χ1) is 14.2. The van der Waals surface area contributed by atoms with E-state index in [2.05, 4.69) is 15.5 Å². The largest absolute Gasteiger partial charge is 0.390 e. The Morgan fingerprint density at radius 1 is 1.10 bits per heavy atom. The highest BCUT2D eigenvalue weighted by molar-refractivity contribution is 5.57. The maximum atomic E-state index is 13.1. The molecule has 29 heavy (non-hydrogen) atoms. The molecule has 1 fully saturated rings. The predicted molar refractivity (Wildman–Crippen MR) is 105 cm³/mol. The lowest BCUT2D eigenvalue weighted by molar-refractivity contribution is -0.115. The van der Waals surface area contributed by atoms with Gasteiger partial charge in [0.25, 0.3) is 0 Å². The smallest absolute Gasteiger partial charge is 0.167 e. The number of halogens is 1. The first-order valence-electron chi connectivity index (χ1n) is 9.83. The SMILES string of the molecule is OC1CCC(Cc2cc(-c3ccc(F)cc3)on2)OC1CNCc1ccccn1. The van der Waals surface area contributed by atoms with Crippen molar-refractivity contribution >= 4 is 0 Å². The maximum Gasteiger partial charge on any atom is 0.167 e. The number of hydrogen-bond acceptors (Lipinski definition) is 6. The number of nitrogens with zero attached hydrogens (tertiary/aromatic N) is 2. The number of pyridine rings is 1. The number of aromatic nitrogens is 2. The molecule has 0 spiro atoms. The molecule has 1 aromatic carbocycles. The molecule has 1 aliphatic rings. The summed E-state index contributed by atoms with van der Waals surface area (Å²) in [6, 6.07) is 13.8. The molecule has 0 amide bonds. The Morgan fingerprint density at radius 2 is 1.97 bits per heavy atom. The van der Waals surface area contributed by atoms with Gasteiger partial charge in [-0.05, 0) is 49.2 Å². The normalized spacial score (nSPS) is 21.9. The van der Waals surface area contributed by atoms with Gasteiger partial charge in [-0.1, -0.05) is 11.2 Å². The Balaban J connectivity index is 1.30. The molecule has 3 heterocycles.